The Hall–Kier alpha value is -0.880. The van der Waals surface area contributed by atoms with Crippen molar-refractivity contribution in [2.75, 3.05) is 5.75 Å². The van der Waals surface area contributed by atoms with E-state index >= 15 is 0 Å². The van der Waals surface area contributed by atoms with Gasteiger partial charge < -0.3 is 5.11 Å². The van der Waals surface area contributed by atoms with Crippen molar-refractivity contribution in [3.63, 3.8) is 0 Å². The molecule has 0 saturated heterocycles. The molecule has 0 heterocycles. The topological polar surface area (TPSA) is 54.4 Å². The SMILES string of the molecule is CCS(=O)(=O)[C@](Cl)(Br)[C@H](O)c1ccc(-c2ccccc2)cc1. The van der Waals surface area contributed by atoms with Gasteiger partial charge in [0.25, 0.3) is 0 Å². The van der Waals surface area contributed by atoms with Gasteiger partial charge >= 0.3 is 0 Å². The Morgan fingerprint density at radius 1 is 1.09 bits per heavy atom. The normalized spacial score (nSPS) is 16.0. The van der Waals surface area contributed by atoms with Gasteiger partial charge in [0.05, 0.1) is 5.75 Å². The number of sulfone groups is 1. The highest BCUT2D eigenvalue weighted by atomic mass is 79.9. The van der Waals surface area contributed by atoms with Crippen LogP contribution in [0.2, 0.25) is 0 Å². The molecule has 0 aromatic heterocycles. The zero-order valence-electron chi connectivity index (χ0n) is 11.9. The molecule has 2 aromatic carbocycles. The average Bonchev–Trinajstić information content (AvgIpc) is 2.55. The lowest BCUT2D eigenvalue weighted by Crippen LogP contribution is -2.34. The Labute approximate surface area is 144 Å². The summed E-state index contributed by atoms with van der Waals surface area (Å²) in [6.45, 7) is 1.49. The van der Waals surface area contributed by atoms with Crippen molar-refractivity contribution in [1.82, 2.24) is 0 Å². The molecule has 3 nitrogen and oxygen atoms in total. The Balaban J connectivity index is 2.31. The predicted molar refractivity (Wildman–Crippen MR) is 93.8 cm³/mol. The van der Waals surface area contributed by atoms with Crippen LogP contribution >= 0.6 is 27.5 Å². The van der Waals surface area contributed by atoms with E-state index in [4.69, 9.17) is 11.6 Å². The molecule has 0 spiro atoms. The molecule has 1 N–H and O–H groups in total. The third-order valence-electron chi connectivity index (χ3n) is 3.45. The lowest BCUT2D eigenvalue weighted by Gasteiger charge is -2.26. The minimum atomic E-state index is -3.68. The van der Waals surface area contributed by atoms with Crippen molar-refractivity contribution < 1.29 is 13.5 Å². The van der Waals surface area contributed by atoms with Gasteiger partial charge in [0, 0.05) is 0 Å². The molecule has 0 fully saturated rings. The fourth-order valence-electron chi connectivity index (χ4n) is 2.05. The quantitative estimate of drug-likeness (QED) is 0.764. The second kappa shape index (κ2) is 6.71. The molecule has 0 bridgehead atoms. The van der Waals surface area contributed by atoms with Gasteiger partial charge in [0.2, 0.25) is 3.12 Å². The lowest BCUT2D eigenvalue weighted by atomic mass is 10.0. The van der Waals surface area contributed by atoms with Crippen molar-refractivity contribution in [1.29, 1.82) is 0 Å². The summed E-state index contributed by atoms with van der Waals surface area (Å²) in [7, 11) is -3.68. The monoisotopic (exact) mass is 402 g/mol. The molecule has 2 rings (SSSR count). The first-order valence-electron chi connectivity index (χ1n) is 6.73. The first-order valence-corrected chi connectivity index (χ1v) is 9.55. The van der Waals surface area contributed by atoms with E-state index in [0.717, 1.165) is 11.1 Å². The summed E-state index contributed by atoms with van der Waals surface area (Å²) >= 11 is 9.01. The maximum absolute atomic E-state index is 12.0. The molecule has 0 radical (unpaired) electrons. The molecular weight excluding hydrogens is 388 g/mol. The number of hydrogen-bond acceptors (Lipinski definition) is 3. The number of rotatable bonds is 5. The van der Waals surface area contributed by atoms with E-state index in [1.807, 2.05) is 42.5 Å². The summed E-state index contributed by atoms with van der Waals surface area (Å²) < 4.78 is 22.0. The minimum Gasteiger partial charge on any atom is -0.385 e. The van der Waals surface area contributed by atoms with Crippen molar-refractivity contribution in [3.8, 4) is 11.1 Å². The summed E-state index contributed by atoms with van der Waals surface area (Å²) in [5.74, 6) is -0.166. The van der Waals surface area contributed by atoms with E-state index in [0.29, 0.717) is 5.56 Å². The van der Waals surface area contributed by atoms with Crippen LogP contribution in [0.1, 0.15) is 18.6 Å². The highest BCUT2D eigenvalue weighted by Crippen LogP contribution is 2.43. The molecule has 0 amide bonds. The summed E-state index contributed by atoms with van der Waals surface area (Å²) in [4.78, 5) is 0. The molecule has 6 heteroatoms. The third kappa shape index (κ3) is 3.38. The minimum absolute atomic E-state index is 0.166. The van der Waals surface area contributed by atoms with Crippen molar-refractivity contribution in [3.05, 3.63) is 60.2 Å². The Morgan fingerprint density at radius 2 is 1.59 bits per heavy atom. The van der Waals surface area contributed by atoms with Crippen LogP contribution in [0, 0.1) is 0 Å². The molecule has 118 valence electrons. The maximum atomic E-state index is 12.0. The fourth-order valence-corrected chi connectivity index (χ4v) is 4.31. The predicted octanol–water partition coefficient (Wildman–Crippen LogP) is 4.11. The summed E-state index contributed by atoms with van der Waals surface area (Å²) in [5.41, 5.74) is 2.45. The first-order chi connectivity index (χ1) is 10.3. The van der Waals surface area contributed by atoms with Gasteiger partial charge in [-0.25, -0.2) is 8.42 Å². The number of benzene rings is 2. The highest BCUT2D eigenvalue weighted by Gasteiger charge is 2.45. The Bertz CT molecular complexity index is 728. The first kappa shape index (κ1) is 17.5. The zero-order chi connectivity index (χ0) is 16.4. The van der Waals surface area contributed by atoms with Crippen LogP contribution in [0.3, 0.4) is 0 Å². The van der Waals surface area contributed by atoms with E-state index in [1.165, 1.54) is 6.92 Å². The summed E-state index contributed by atoms with van der Waals surface area (Å²) in [6.07, 6.45) is -1.37. The van der Waals surface area contributed by atoms with E-state index in [1.54, 1.807) is 12.1 Å². The Morgan fingerprint density at radius 3 is 2.09 bits per heavy atom. The molecule has 22 heavy (non-hydrogen) atoms. The number of aliphatic hydroxyl groups is 1. The van der Waals surface area contributed by atoms with Crippen molar-refractivity contribution in [2.45, 2.75) is 16.1 Å². The van der Waals surface area contributed by atoms with Gasteiger partial charge in [-0.3, -0.25) is 0 Å². The van der Waals surface area contributed by atoms with E-state index in [2.05, 4.69) is 15.9 Å². The van der Waals surface area contributed by atoms with Crippen LogP contribution in [0.4, 0.5) is 0 Å². The van der Waals surface area contributed by atoms with Crippen LogP contribution in [-0.4, -0.2) is 22.4 Å². The third-order valence-corrected chi connectivity index (χ3v) is 8.08. The standard InChI is InChI=1S/C16H16BrClO3S/c1-2-22(20,21)16(17,18)15(19)14-10-8-13(9-11-14)12-6-4-3-5-7-12/h3-11,15,19H,2H2,1H3/t15-,16+/m1/s1. The molecule has 0 saturated carbocycles. The second-order valence-corrected chi connectivity index (χ2v) is 10.4. The van der Waals surface area contributed by atoms with Gasteiger partial charge in [-0.15, -0.1) is 0 Å². The van der Waals surface area contributed by atoms with Gasteiger partial charge in [-0.1, -0.05) is 73.1 Å². The summed E-state index contributed by atoms with van der Waals surface area (Å²) in [6, 6.07) is 16.8. The fraction of sp³-hybridized carbons (Fsp3) is 0.250. The lowest BCUT2D eigenvalue weighted by molar-refractivity contribution is 0.185. The molecule has 0 unspecified atom stereocenters. The molecule has 2 aromatic rings. The van der Waals surface area contributed by atoms with Crippen LogP contribution in [0.25, 0.3) is 11.1 Å². The largest absolute Gasteiger partial charge is 0.385 e. The van der Waals surface area contributed by atoms with E-state index in [-0.39, 0.29) is 5.75 Å². The van der Waals surface area contributed by atoms with Gasteiger partial charge in [0.15, 0.2) is 9.84 Å². The van der Waals surface area contributed by atoms with Gasteiger partial charge in [-0.05, 0) is 32.6 Å². The summed E-state index contributed by atoms with van der Waals surface area (Å²) in [5, 5.41) is 10.3. The molecule has 0 aliphatic heterocycles. The van der Waals surface area contributed by atoms with Crippen LogP contribution in [-0.2, 0) is 9.84 Å². The number of alkyl halides is 2. The average molecular weight is 404 g/mol. The second-order valence-electron chi connectivity index (χ2n) is 4.86. The van der Waals surface area contributed by atoms with Crippen LogP contribution in [0.5, 0.6) is 0 Å². The number of halogens is 2. The van der Waals surface area contributed by atoms with Crippen molar-refractivity contribution in [2.24, 2.45) is 0 Å². The molecule has 2 atom stereocenters. The molecular formula is C16H16BrClO3S. The van der Waals surface area contributed by atoms with Crippen molar-refractivity contribution >= 4 is 37.4 Å². The molecule has 0 aliphatic rings. The smallest absolute Gasteiger partial charge is 0.229 e. The van der Waals surface area contributed by atoms with Gasteiger partial charge in [-0.2, -0.15) is 0 Å². The van der Waals surface area contributed by atoms with Crippen LogP contribution < -0.4 is 0 Å². The highest BCUT2D eigenvalue weighted by molar-refractivity contribution is 9.12. The molecule has 0 aliphatic carbocycles. The van der Waals surface area contributed by atoms with Crippen LogP contribution in [0.15, 0.2) is 54.6 Å². The number of hydrogen-bond donors (Lipinski definition) is 1. The maximum Gasteiger partial charge on any atom is 0.229 e. The van der Waals surface area contributed by atoms with E-state index in [9.17, 15) is 13.5 Å². The number of aliphatic hydroxyl groups excluding tert-OH is 1. The Kier molecular flexibility index (Phi) is 5.33. The zero-order valence-corrected chi connectivity index (χ0v) is 15.1. The van der Waals surface area contributed by atoms with E-state index < -0.39 is 19.1 Å². The van der Waals surface area contributed by atoms with Gasteiger partial charge in [0.1, 0.15) is 6.10 Å².